The Morgan fingerprint density at radius 3 is 1.69 bits per heavy atom. The molecule has 0 heterocycles. The van der Waals surface area contributed by atoms with E-state index in [1.807, 2.05) is 18.2 Å². The van der Waals surface area contributed by atoms with Crippen molar-refractivity contribution in [2.45, 2.75) is 0 Å². The van der Waals surface area contributed by atoms with Gasteiger partial charge in [0.2, 0.25) is 5.39 Å². The Morgan fingerprint density at radius 1 is 1.08 bits per heavy atom. The van der Waals surface area contributed by atoms with Gasteiger partial charge in [0.1, 0.15) is 0 Å². The minimum atomic E-state index is -6.00. The monoisotopic (exact) mass is 193 g/mol. The largest absolute Gasteiger partial charge is 1.00 e. The van der Waals surface area contributed by atoms with E-state index in [1.54, 1.807) is 12.1 Å². The summed E-state index contributed by atoms with van der Waals surface area (Å²) in [6.07, 6.45) is 0. The lowest BCUT2D eigenvalue weighted by atomic mass is 10.3. The van der Waals surface area contributed by atoms with E-state index >= 15 is 0 Å². The lowest BCUT2D eigenvalue weighted by Gasteiger charge is -1.94. The lowest BCUT2D eigenvalue weighted by molar-refractivity contribution is 0.368. The van der Waals surface area contributed by atoms with Gasteiger partial charge >= 0.3 is 14.4 Å². The summed E-state index contributed by atoms with van der Waals surface area (Å²) in [7, 11) is -6.00. The molecule has 0 saturated carbocycles. The van der Waals surface area contributed by atoms with Crippen molar-refractivity contribution in [3.05, 3.63) is 35.3 Å². The van der Waals surface area contributed by atoms with E-state index < -0.39 is 7.25 Å². The fourth-order valence-corrected chi connectivity index (χ4v) is 0.495. The molecule has 0 aliphatic heterocycles. The van der Waals surface area contributed by atoms with E-state index in [-0.39, 0.29) is 1.43 Å². The van der Waals surface area contributed by atoms with Gasteiger partial charge in [0, 0.05) is 12.1 Å². The second-order valence-corrected chi connectivity index (χ2v) is 1.93. The van der Waals surface area contributed by atoms with Crippen LogP contribution in [0.25, 0.3) is 4.98 Å². The van der Waals surface area contributed by atoms with Crippen LogP contribution < -0.4 is 0 Å². The Morgan fingerprint density at radius 2 is 1.46 bits per heavy atom. The molecule has 0 fully saturated rings. The Kier molecular flexibility index (Phi) is 4.52. The normalized spacial score (nSPS) is 9.46. The first-order valence-electron chi connectivity index (χ1n) is 3.21. The lowest BCUT2D eigenvalue weighted by Crippen LogP contribution is -2.02. The van der Waals surface area contributed by atoms with Crippen molar-refractivity contribution in [1.29, 1.82) is 5.39 Å². The number of nitrogens with zero attached hydrogens (tertiary/aromatic N) is 2. The number of halogens is 4. The molecule has 2 nitrogen and oxygen atoms in total. The van der Waals surface area contributed by atoms with Crippen molar-refractivity contribution >= 4 is 12.9 Å². The minimum absolute atomic E-state index is 0. The molecule has 0 N–H and O–H groups in total. The van der Waals surface area contributed by atoms with Crippen LogP contribution in [-0.2, 0) is 0 Å². The smallest absolute Gasteiger partial charge is 0.418 e. The second kappa shape index (κ2) is 5.14. The van der Waals surface area contributed by atoms with Gasteiger partial charge in [-0.05, 0) is 0 Å². The summed E-state index contributed by atoms with van der Waals surface area (Å²) in [5.74, 6) is 0. The van der Waals surface area contributed by atoms with Crippen LogP contribution >= 0.6 is 0 Å². The van der Waals surface area contributed by atoms with Crippen molar-refractivity contribution in [1.82, 2.24) is 0 Å². The summed E-state index contributed by atoms with van der Waals surface area (Å²) in [6.45, 7) is 0. The SMILES string of the molecule is F[B-](F)(F)F.N#[N+]c1ccccc1.[H+]. The molecule has 0 aromatic heterocycles. The van der Waals surface area contributed by atoms with Gasteiger partial charge in [0.15, 0.2) is 4.98 Å². The molecular formula is C6H6BF4N2+. The molecule has 0 aliphatic rings. The minimum Gasteiger partial charge on any atom is -0.418 e. The number of rotatable bonds is 0. The molecule has 1 aromatic carbocycles. The third kappa shape index (κ3) is 10.4. The summed E-state index contributed by atoms with van der Waals surface area (Å²) in [5.41, 5.74) is 0.590. The standard InChI is InChI=1S/C6H5N2.BF4/c7-8-6-4-2-1-3-5-6;2-1(3,4)5/h1-5H;/q+1;-1/p+1. The van der Waals surface area contributed by atoms with Crippen LogP contribution in [0.15, 0.2) is 30.3 Å². The zero-order chi connectivity index (χ0) is 10.3. The van der Waals surface area contributed by atoms with Gasteiger partial charge < -0.3 is 17.3 Å². The first-order chi connectivity index (χ1) is 5.93. The Labute approximate surface area is 73.4 Å². The summed E-state index contributed by atoms with van der Waals surface area (Å²) < 4.78 is 39.0. The highest BCUT2D eigenvalue weighted by Gasteiger charge is 2.20. The fourth-order valence-electron chi connectivity index (χ4n) is 0.495. The maximum atomic E-state index is 9.75. The molecule has 70 valence electrons. The Hall–Kier alpha value is -1.58. The Bertz CT molecular complexity index is 278. The molecular weight excluding hydrogens is 187 g/mol. The van der Waals surface area contributed by atoms with Crippen LogP contribution in [0.5, 0.6) is 0 Å². The van der Waals surface area contributed by atoms with Gasteiger partial charge in [-0.25, -0.2) is 0 Å². The molecule has 0 unspecified atom stereocenters. The highest BCUT2D eigenvalue weighted by atomic mass is 19.5. The van der Waals surface area contributed by atoms with Crippen LogP contribution in [0.4, 0.5) is 23.0 Å². The van der Waals surface area contributed by atoms with Crippen LogP contribution in [-0.4, -0.2) is 7.25 Å². The van der Waals surface area contributed by atoms with Crippen molar-refractivity contribution in [3.63, 3.8) is 0 Å². The molecule has 0 atom stereocenters. The molecule has 0 saturated heterocycles. The van der Waals surface area contributed by atoms with Gasteiger partial charge in [-0.2, -0.15) is 0 Å². The quantitative estimate of drug-likeness (QED) is 0.351. The molecule has 13 heavy (non-hydrogen) atoms. The van der Waals surface area contributed by atoms with E-state index in [2.05, 4.69) is 4.98 Å². The predicted molar refractivity (Wildman–Crippen MR) is 42.5 cm³/mol. The first kappa shape index (κ1) is 11.4. The predicted octanol–water partition coefficient (Wildman–Crippen LogP) is 3.58. The maximum Gasteiger partial charge on any atom is 1.00 e. The third-order valence-electron chi connectivity index (χ3n) is 0.872. The van der Waals surface area contributed by atoms with Crippen LogP contribution in [0.3, 0.4) is 0 Å². The number of diazo groups is 1. The average molecular weight is 193 g/mol. The summed E-state index contributed by atoms with van der Waals surface area (Å²) in [4.78, 5) is 2.97. The van der Waals surface area contributed by atoms with Gasteiger partial charge in [-0.1, -0.05) is 18.2 Å². The van der Waals surface area contributed by atoms with Gasteiger partial charge in [-0.15, -0.1) is 0 Å². The Balaban J connectivity index is 0. The van der Waals surface area contributed by atoms with E-state index in [9.17, 15) is 17.3 Å². The van der Waals surface area contributed by atoms with Gasteiger partial charge in [0.25, 0.3) is 0 Å². The van der Waals surface area contributed by atoms with Crippen molar-refractivity contribution < 1.29 is 18.7 Å². The number of hydrogen-bond acceptors (Lipinski definition) is 1. The molecule has 0 amide bonds. The summed E-state index contributed by atoms with van der Waals surface area (Å²) in [6, 6.07) is 8.94. The third-order valence-corrected chi connectivity index (χ3v) is 0.872. The van der Waals surface area contributed by atoms with Crippen molar-refractivity contribution in [2.24, 2.45) is 0 Å². The van der Waals surface area contributed by atoms with Gasteiger partial charge in [-0.3, -0.25) is 0 Å². The van der Waals surface area contributed by atoms with Crippen LogP contribution in [0.2, 0.25) is 0 Å². The van der Waals surface area contributed by atoms with E-state index in [0.29, 0.717) is 5.69 Å². The average Bonchev–Trinajstić information content (AvgIpc) is 2.03. The summed E-state index contributed by atoms with van der Waals surface area (Å²) in [5, 5.41) is 8.16. The number of hydrogen-bond donors (Lipinski definition) is 0. The second-order valence-electron chi connectivity index (χ2n) is 1.93. The van der Waals surface area contributed by atoms with Crippen molar-refractivity contribution in [3.8, 4) is 0 Å². The highest BCUT2D eigenvalue weighted by Crippen LogP contribution is 2.07. The van der Waals surface area contributed by atoms with Crippen LogP contribution in [0, 0.1) is 5.39 Å². The molecule has 0 aliphatic carbocycles. The molecule has 1 aromatic rings. The first-order valence-corrected chi connectivity index (χ1v) is 3.21. The molecule has 0 bridgehead atoms. The fraction of sp³-hybridized carbons (Fsp3) is 0. The zero-order valence-corrected chi connectivity index (χ0v) is 6.37. The van der Waals surface area contributed by atoms with Crippen molar-refractivity contribution in [2.75, 3.05) is 0 Å². The highest BCUT2D eigenvalue weighted by molar-refractivity contribution is 6.50. The van der Waals surface area contributed by atoms with E-state index in [1.165, 1.54) is 0 Å². The molecule has 7 heteroatoms. The maximum absolute atomic E-state index is 9.75. The molecule has 0 radical (unpaired) electrons. The van der Waals surface area contributed by atoms with Gasteiger partial charge in [0.05, 0.1) is 0 Å². The van der Waals surface area contributed by atoms with Crippen LogP contribution in [0.1, 0.15) is 1.43 Å². The van der Waals surface area contributed by atoms with E-state index in [0.717, 1.165) is 0 Å². The molecule has 0 spiro atoms. The number of benzene rings is 1. The topological polar surface area (TPSA) is 28.1 Å². The zero-order valence-electron chi connectivity index (χ0n) is 7.37. The molecule has 1 rings (SSSR count). The van der Waals surface area contributed by atoms with E-state index in [4.69, 9.17) is 5.39 Å². The summed E-state index contributed by atoms with van der Waals surface area (Å²) >= 11 is 0.